The molecule has 1 atom stereocenters. The highest BCUT2D eigenvalue weighted by atomic mass is 16.5. The van der Waals surface area contributed by atoms with Crippen molar-refractivity contribution in [1.82, 2.24) is 10.2 Å². The van der Waals surface area contributed by atoms with Crippen LogP contribution in [0.1, 0.15) is 26.2 Å². The molecule has 1 N–H and O–H groups in total. The molecule has 0 aromatic carbocycles. The van der Waals surface area contributed by atoms with E-state index in [0.29, 0.717) is 19.8 Å². The quantitative estimate of drug-likeness (QED) is 0.728. The van der Waals surface area contributed by atoms with E-state index in [1.807, 2.05) is 0 Å². The molecule has 2 rings (SSSR count). The Morgan fingerprint density at radius 2 is 2.17 bits per heavy atom. The Hall–Kier alpha value is -1.30. The van der Waals surface area contributed by atoms with E-state index in [0.717, 1.165) is 19.3 Å². The highest BCUT2D eigenvalue weighted by Gasteiger charge is 2.35. The number of esters is 1. The number of amides is 2. The summed E-state index contributed by atoms with van der Waals surface area (Å²) in [5.41, 5.74) is 0. The fraction of sp³-hybridized carbons (Fsp3) is 0.833. The summed E-state index contributed by atoms with van der Waals surface area (Å²) < 4.78 is 10.1. The van der Waals surface area contributed by atoms with E-state index in [4.69, 9.17) is 9.47 Å². The summed E-state index contributed by atoms with van der Waals surface area (Å²) in [6.07, 6.45) is 2.77. The molecule has 1 aliphatic carbocycles. The van der Waals surface area contributed by atoms with Gasteiger partial charge in [0, 0.05) is 12.6 Å². The first-order chi connectivity index (χ1) is 8.70. The molecule has 6 nitrogen and oxygen atoms in total. The molecule has 2 fully saturated rings. The molecule has 1 saturated carbocycles. The first-order valence-electron chi connectivity index (χ1n) is 6.51. The van der Waals surface area contributed by atoms with Crippen LogP contribution < -0.4 is 5.32 Å². The Bertz CT molecular complexity index is 311. The smallest absolute Gasteiger partial charge is 0.325 e. The monoisotopic (exact) mass is 256 g/mol. The van der Waals surface area contributed by atoms with Crippen molar-refractivity contribution < 1.29 is 19.1 Å². The van der Waals surface area contributed by atoms with Crippen LogP contribution in [0.2, 0.25) is 0 Å². The molecular formula is C12H20N2O4. The fourth-order valence-electron chi connectivity index (χ4n) is 2.00. The maximum Gasteiger partial charge on any atom is 0.325 e. The molecule has 0 spiro atoms. The van der Waals surface area contributed by atoms with E-state index < -0.39 is 0 Å². The SMILES string of the molecule is CCOC(=O)CN(C(=O)NC1CCOC1)C1CC1. The third-order valence-corrected chi connectivity index (χ3v) is 3.11. The Balaban J connectivity index is 1.83. The molecule has 0 aromatic rings. The predicted molar refractivity (Wildman–Crippen MR) is 64.1 cm³/mol. The molecule has 102 valence electrons. The lowest BCUT2D eigenvalue weighted by Gasteiger charge is -2.23. The maximum absolute atomic E-state index is 12.1. The Morgan fingerprint density at radius 3 is 2.72 bits per heavy atom. The molecule has 1 saturated heterocycles. The van der Waals surface area contributed by atoms with Crippen LogP contribution in [0.3, 0.4) is 0 Å². The standard InChI is InChI=1S/C12H20N2O4/c1-2-18-11(15)7-14(10-3-4-10)12(16)13-9-5-6-17-8-9/h9-10H,2-8H2,1H3,(H,13,16). The Labute approximate surface area is 107 Å². The molecular weight excluding hydrogens is 236 g/mol. The van der Waals surface area contributed by atoms with Crippen molar-refractivity contribution in [2.45, 2.75) is 38.3 Å². The molecule has 0 bridgehead atoms. The average molecular weight is 256 g/mol. The van der Waals surface area contributed by atoms with Gasteiger partial charge in [0.05, 0.1) is 19.3 Å². The normalized spacial score (nSPS) is 22.6. The highest BCUT2D eigenvalue weighted by Crippen LogP contribution is 2.26. The lowest BCUT2D eigenvalue weighted by Crippen LogP contribution is -2.48. The third kappa shape index (κ3) is 3.60. The molecule has 6 heteroatoms. The summed E-state index contributed by atoms with van der Waals surface area (Å²) in [4.78, 5) is 25.1. The van der Waals surface area contributed by atoms with Crippen LogP contribution in [0.25, 0.3) is 0 Å². The molecule has 1 heterocycles. The average Bonchev–Trinajstić information content (AvgIpc) is 3.05. The summed E-state index contributed by atoms with van der Waals surface area (Å²) in [7, 11) is 0. The van der Waals surface area contributed by atoms with Gasteiger partial charge in [-0.25, -0.2) is 4.79 Å². The van der Waals surface area contributed by atoms with Gasteiger partial charge in [0.1, 0.15) is 6.54 Å². The van der Waals surface area contributed by atoms with E-state index in [9.17, 15) is 9.59 Å². The first kappa shape index (κ1) is 13.1. The van der Waals surface area contributed by atoms with Crippen LogP contribution in [0.15, 0.2) is 0 Å². The van der Waals surface area contributed by atoms with Crippen molar-refractivity contribution in [3.8, 4) is 0 Å². The lowest BCUT2D eigenvalue weighted by atomic mass is 10.3. The predicted octanol–water partition coefficient (Wildman–Crippen LogP) is 0.512. The van der Waals surface area contributed by atoms with E-state index in [-0.39, 0.29) is 30.6 Å². The second kappa shape index (κ2) is 6.04. The molecule has 2 amide bonds. The van der Waals surface area contributed by atoms with Gasteiger partial charge in [-0.2, -0.15) is 0 Å². The van der Waals surface area contributed by atoms with Gasteiger partial charge in [-0.1, -0.05) is 0 Å². The van der Waals surface area contributed by atoms with Gasteiger partial charge >= 0.3 is 12.0 Å². The van der Waals surface area contributed by atoms with Crippen LogP contribution in [0, 0.1) is 0 Å². The van der Waals surface area contributed by atoms with Crippen molar-refractivity contribution in [3.05, 3.63) is 0 Å². The molecule has 0 aromatic heterocycles. The zero-order valence-electron chi connectivity index (χ0n) is 10.7. The van der Waals surface area contributed by atoms with Crippen LogP contribution in [-0.4, -0.2) is 55.3 Å². The van der Waals surface area contributed by atoms with E-state index in [1.165, 1.54) is 0 Å². The minimum atomic E-state index is -0.345. The third-order valence-electron chi connectivity index (χ3n) is 3.11. The number of nitrogens with one attached hydrogen (secondary N) is 1. The van der Waals surface area contributed by atoms with E-state index >= 15 is 0 Å². The molecule has 1 aliphatic heterocycles. The van der Waals surface area contributed by atoms with E-state index in [1.54, 1.807) is 11.8 Å². The highest BCUT2D eigenvalue weighted by molar-refractivity contribution is 5.81. The second-order valence-electron chi connectivity index (χ2n) is 4.67. The first-order valence-corrected chi connectivity index (χ1v) is 6.51. The van der Waals surface area contributed by atoms with Crippen molar-refractivity contribution in [2.75, 3.05) is 26.4 Å². The lowest BCUT2D eigenvalue weighted by molar-refractivity contribution is -0.143. The van der Waals surface area contributed by atoms with Crippen molar-refractivity contribution >= 4 is 12.0 Å². The summed E-state index contributed by atoms with van der Waals surface area (Å²) >= 11 is 0. The van der Waals surface area contributed by atoms with Gasteiger partial charge in [-0.15, -0.1) is 0 Å². The number of nitrogens with zero attached hydrogens (tertiary/aromatic N) is 1. The number of hydrogen-bond donors (Lipinski definition) is 1. The van der Waals surface area contributed by atoms with Crippen LogP contribution >= 0.6 is 0 Å². The van der Waals surface area contributed by atoms with Crippen molar-refractivity contribution in [2.24, 2.45) is 0 Å². The number of urea groups is 1. The van der Waals surface area contributed by atoms with Gasteiger partial charge < -0.3 is 19.7 Å². The van der Waals surface area contributed by atoms with Gasteiger partial charge in [-0.3, -0.25) is 4.79 Å². The molecule has 18 heavy (non-hydrogen) atoms. The van der Waals surface area contributed by atoms with Gasteiger partial charge in [0.25, 0.3) is 0 Å². The number of hydrogen-bond acceptors (Lipinski definition) is 4. The minimum absolute atomic E-state index is 0.0396. The number of carbonyl (C=O) groups excluding carboxylic acids is 2. The zero-order chi connectivity index (χ0) is 13.0. The van der Waals surface area contributed by atoms with Crippen molar-refractivity contribution in [1.29, 1.82) is 0 Å². The molecule has 2 aliphatic rings. The fourth-order valence-corrected chi connectivity index (χ4v) is 2.00. The van der Waals surface area contributed by atoms with Crippen molar-refractivity contribution in [3.63, 3.8) is 0 Å². The van der Waals surface area contributed by atoms with Crippen LogP contribution in [-0.2, 0) is 14.3 Å². The number of ether oxygens (including phenoxy) is 2. The number of rotatable bonds is 5. The Morgan fingerprint density at radius 1 is 1.39 bits per heavy atom. The van der Waals surface area contributed by atoms with Crippen LogP contribution in [0.4, 0.5) is 4.79 Å². The topological polar surface area (TPSA) is 67.9 Å². The van der Waals surface area contributed by atoms with Gasteiger partial charge in [0.15, 0.2) is 0 Å². The summed E-state index contributed by atoms with van der Waals surface area (Å²) in [6, 6.07) is 0.0822. The number of carbonyl (C=O) groups is 2. The largest absolute Gasteiger partial charge is 0.465 e. The van der Waals surface area contributed by atoms with Gasteiger partial charge in [0.2, 0.25) is 0 Å². The Kier molecular flexibility index (Phi) is 4.41. The summed E-state index contributed by atoms with van der Waals surface area (Å²) in [6.45, 7) is 3.39. The van der Waals surface area contributed by atoms with E-state index in [2.05, 4.69) is 5.32 Å². The molecule has 0 radical (unpaired) electrons. The minimum Gasteiger partial charge on any atom is -0.465 e. The second-order valence-corrected chi connectivity index (χ2v) is 4.67. The maximum atomic E-state index is 12.1. The molecule has 1 unspecified atom stereocenters. The zero-order valence-corrected chi connectivity index (χ0v) is 10.7. The summed E-state index contributed by atoms with van der Waals surface area (Å²) in [5.74, 6) is -0.345. The summed E-state index contributed by atoms with van der Waals surface area (Å²) in [5, 5.41) is 2.90. The van der Waals surface area contributed by atoms with Gasteiger partial charge in [-0.05, 0) is 26.2 Å². The van der Waals surface area contributed by atoms with Crippen LogP contribution in [0.5, 0.6) is 0 Å².